The first-order chi connectivity index (χ1) is 6.25. The summed E-state index contributed by atoms with van der Waals surface area (Å²) in [4.78, 5) is 13.6. The minimum absolute atomic E-state index is 0.227. The summed E-state index contributed by atoms with van der Waals surface area (Å²) in [6.45, 7) is 4.92. The summed E-state index contributed by atoms with van der Waals surface area (Å²) < 4.78 is 0. The Balaban J connectivity index is 2.36. The maximum absolute atomic E-state index is 11.8. The minimum Gasteiger partial charge on any atom is -0.345 e. The topological polar surface area (TPSA) is 32.3 Å². The van der Waals surface area contributed by atoms with Crippen molar-refractivity contribution < 1.29 is 4.79 Å². The number of carbonyl (C=O) groups excluding carboxylic acids is 1. The Morgan fingerprint density at radius 2 is 2.38 bits per heavy atom. The van der Waals surface area contributed by atoms with Crippen LogP contribution in [0.3, 0.4) is 0 Å². The highest BCUT2D eigenvalue weighted by atomic mass is 16.2. The Bertz CT molecular complexity index is 164. The first kappa shape index (κ1) is 10.5. The van der Waals surface area contributed by atoms with Crippen LogP contribution in [0, 0.1) is 5.92 Å². The average Bonchev–Trinajstić information content (AvgIpc) is 2.18. The quantitative estimate of drug-likeness (QED) is 0.705. The fourth-order valence-corrected chi connectivity index (χ4v) is 1.82. The third-order valence-electron chi connectivity index (χ3n) is 2.58. The van der Waals surface area contributed by atoms with Gasteiger partial charge in [0.15, 0.2) is 0 Å². The van der Waals surface area contributed by atoms with Crippen molar-refractivity contribution in [1.82, 2.24) is 10.2 Å². The van der Waals surface area contributed by atoms with Gasteiger partial charge in [0.05, 0.1) is 5.92 Å². The second-order valence-corrected chi connectivity index (χ2v) is 3.80. The molecule has 3 nitrogen and oxygen atoms in total. The van der Waals surface area contributed by atoms with E-state index < -0.39 is 0 Å². The Morgan fingerprint density at radius 3 is 2.92 bits per heavy atom. The molecule has 1 rings (SSSR count). The molecule has 0 bridgehead atoms. The minimum atomic E-state index is 0.227. The molecule has 0 saturated carbocycles. The third-order valence-corrected chi connectivity index (χ3v) is 2.58. The summed E-state index contributed by atoms with van der Waals surface area (Å²) in [6.07, 6.45) is 3.23. The van der Waals surface area contributed by atoms with E-state index in [0.29, 0.717) is 5.91 Å². The summed E-state index contributed by atoms with van der Waals surface area (Å²) in [7, 11) is 1.90. The molecule has 0 aliphatic carbocycles. The molecule has 1 atom stereocenters. The summed E-state index contributed by atoms with van der Waals surface area (Å²) in [6, 6.07) is 0. The number of hydrogen-bond acceptors (Lipinski definition) is 2. The van der Waals surface area contributed by atoms with Crippen molar-refractivity contribution in [2.24, 2.45) is 5.92 Å². The van der Waals surface area contributed by atoms with Gasteiger partial charge in [-0.05, 0) is 25.8 Å². The molecule has 1 aliphatic rings. The zero-order chi connectivity index (χ0) is 9.68. The van der Waals surface area contributed by atoms with E-state index in [0.717, 1.165) is 38.9 Å². The Kier molecular flexibility index (Phi) is 4.22. The number of nitrogens with one attached hydrogen (secondary N) is 1. The predicted molar refractivity (Wildman–Crippen MR) is 53.5 cm³/mol. The van der Waals surface area contributed by atoms with Crippen LogP contribution >= 0.6 is 0 Å². The van der Waals surface area contributed by atoms with Gasteiger partial charge in [-0.1, -0.05) is 6.92 Å². The Labute approximate surface area is 80.5 Å². The van der Waals surface area contributed by atoms with Gasteiger partial charge >= 0.3 is 0 Å². The molecular weight excluding hydrogens is 164 g/mol. The molecule has 13 heavy (non-hydrogen) atoms. The Morgan fingerprint density at radius 1 is 1.62 bits per heavy atom. The van der Waals surface area contributed by atoms with Gasteiger partial charge in [-0.3, -0.25) is 4.79 Å². The van der Waals surface area contributed by atoms with Crippen LogP contribution in [0.4, 0.5) is 0 Å². The molecule has 3 heteroatoms. The molecule has 76 valence electrons. The average molecular weight is 184 g/mol. The van der Waals surface area contributed by atoms with Crippen LogP contribution in [-0.2, 0) is 4.79 Å². The van der Waals surface area contributed by atoms with E-state index in [1.807, 2.05) is 11.9 Å². The molecule has 1 saturated heterocycles. The van der Waals surface area contributed by atoms with E-state index in [4.69, 9.17) is 0 Å². The van der Waals surface area contributed by atoms with Crippen LogP contribution < -0.4 is 5.32 Å². The van der Waals surface area contributed by atoms with Crippen molar-refractivity contribution in [1.29, 1.82) is 0 Å². The molecule has 1 aliphatic heterocycles. The number of amides is 1. The largest absolute Gasteiger partial charge is 0.345 e. The van der Waals surface area contributed by atoms with Crippen molar-refractivity contribution in [2.75, 3.05) is 26.7 Å². The highest BCUT2D eigenvalue weighted by Crippen LogP contribution is 2.12. The van der Waals surface area contributed by atoms with Crippen LogP contribution in [0.15, 0.2) is 0 Å². The highest BCUT2D eigenvalue weighted by Gasteiger charge is 2.23. The van der Waals surface area contributed by atoms with Crippen LogP contribution in [0.5, 0.6) is 0 Å². The molecule has 1 heterocycles. The lowest BCUT2D eigenvalue weighted by Crippen LogP contribution is -2.41. The Hall–Kier alpha value is -0.570. The van der Waals surface area contributed by atoms with Crippen LogP contribution in [0.2, 0.25) is 0 Å². The molecule has 1 fully saturated rings. The smallest absolute Gasteiger partial charge is 0.226 e. The molecule has 0 spiro atoms. The van der Waals surface area contributed by atoms with Gasteiger partial charge in [-0.15, -0.1) is 0 Å². The maximum atomic E-state index is 11.8. The van der Waals surface area contributed by atoms with Gasteiger partial charge < -0.3 is 10.2 Å². The molecular formula is C10H20N2O. The first-order valence-electron chi connectivity index (χ1n) is 5.21. The van der Waals surface area contributed by atoms with Gasteiger partial charge in [0, 0.05) is 20.1 Å². The van der Waals surface area contributed by atoms with E-state index in [1.165, 1.54) is 0 Å². The fourth-order valence-electron chi connectivity index (χ4n) is 1.82. The lowest BCUT2D eigenvalue weighted by molar-refractivity contribution is -0.134. The van der Waals surface area contributed by atoms with Crippen molar-refractivity contribution in [3.63, 3.8) is 0 Å². The molecule has 1 N–H and O–H groups in total. The van der Waals surface area contributed by atoms with E-state index in [1.54, 1.807) is 0 Å². The van der Waals surface area contributed by atoms with Crippen molar-refractivity contribution in [3.05, 3.63) is 0 Å². The molecule has 0 aromatic heterocycles. The standard InChI is InChI=1S/C10H20N2O/c1-3-7-12(2)10(13)9-5-4-6-11-8-9/h9,11H,3-8H2,1-2H3/t9-/m1/s1. The number of rotatable bonds is 3. The number of hydrogen-bond donors (Lipinski definition) is 1. The van der Waals surface area contributed by atoms with Gasteiger partial charge in [-0.2, -0.15) is 0 Å². The lowest BCUT2D eigenvalue weighted by Gasteiger charge is -2.26. The molecule has 0 radical (unpaired) electrons. The van der Waals surface area contributed by atoms with Crippen molar-refractivity contribution in [3.8, 4) is 0 Å². The summed E-state index contributed by atoms with van der Waals surface area (Å²) >= 11 is 0. The van der Waals surface area contributed by atoms with E-state index in [2.05, 4.69) is 12.2 Å². The van der Waals surface area contributed by atoms with E-state index >= 15 is 0 Å². The molecule has 0 unspecified atom stereocenters. The maximum Gasteiger partial charge on any atom is 0.226 e. The van der Waals surface area contributed by atoms with E-state index in [-0.39, 0.29) is 5.92 Å². The van der Waals surface area contributed by atoms with Crippen LogP contribution in [0.1, 0.15) is 26.2 Å². The van der Waals surface area contributed by atoms with Gasteiger partial charge in [0.1, 0.15) is 0 Å². The second kappa shape index (κ2) is 5.22. The second-order valence-electron chi connectivity index (χ2n) is 3.80. The molecule has 1 amide bonds. The summed E-state index contributed by atoms with van der Waals surface area (Å²) in [5.41, 5.74) is 0. The zero-order valence-corrected chi connectivity index (χ0v) is 8.68. The fraction of sp³-hybridized carbons (Fsp3) is 0.900. The number of piperidine rings is 1. The highest BCUT2D eigenvalue weighted by molar-refractivity contribution is 5.78. The SMILES string of the molecule is CCCN(C)C(=O)[C@@H]1CCCNC1. The van der Waals surface area contributed by atoms with Crippen molar-refractivity contribution in [2.45, 2.75) is 26.2 Å². The van der Waals surface area contributed by atoms with E-state index in [9.17, 15) is 4.79 Å². The number of carbonyl (C=O) groups is 1. The van der Waals surface area contributed by atoms with Crippen molar-refractivity contribution >= 4 is 5.91 Å². The van der Waals surface area contributed by atoms with Gasteiger partial charge in [0.2, 0.25) is 5.91 Å². The molecule has 0 aromatic rings. The third kappa shape index (κ3) is 2.99. The monoisotopic (exact) mass is 184 g/mol. The zero-order valence-electron chi connectivity index (χ0n) is 8.68. The lowest BCUT2D eigenvalue weighted by atomic mass is 9.98. The molecule has 0 aromatic carbocycles. The summed E-state index contributed by atoms with van der Waals surface area (Å²) in [5.74, 6) is 0.541. The van der Waals surface area contributed by atoms with Crippen LogP contribution in [0.25, 0.3) is 0 Å². The summed E-state index contributed by atoms with van der Waals surface area (Å²) in [5, 5.41) is 3.27. The number of nitrogens with zero attached hydrogens (tertiary/aromatic N) is 1. The van der Waals surface area contributed by atoms with Gasteiger partial charge in [-0.25, -0.2) is 0 Å². The first-order valence-corrected chi connectivity index (χ1v) is 5.21. The van der Waals surface area contributed by atoms with Gasteiger partial charge in [0.25, 0.3) is 0 Å². The van der Waals surface area contributed by atoms with Crippen LogP contribution in [-0.4, -0.2) is 37.5 Å². The predicted octanol–water partition coefficient (Wildman–Crippen LogP) is 0.854. The normalized spacial score (nSPS) is 22.8.